The fourth-order valence-electron chi connectivity index (χ4n) is 4.38. The van der Waals surface area contributed by atoms with Crippen LogP contribution in [0.5, 0.6) is 11.5 Å². The Bertz CT molecular complexity index is 1370. The third-order valence-corrected chi connectivity index (χ3v) is 6.53. The van der Waals surface area contributed by atoms with Crippen molar-refractivity contribution < 1.29 is 28.2 Å². The number of aromatic amines is 1. The zero-order valence-corrected chi connectivity index (χ0v) is 21.9. The molecule has 0 spiro atoms. The van der Waals surface area contributed by atoms with E-state index in [1.165, 1.54) is 19.2 Å². The Labute approximate surface area is 225 Å². The van der Waals surface area contributed by atoms with Crippen molar-refractivity contribution in [1.82, 2.24) is 20.1 Å². The van der Waals surface area contributed by atoms with Gasteiger partial charge in [-0.25, -0.2) is 4.39 Å². The van der Waals surface area contributed by atoms with Crippen LogP contribution in [0.2, 0.25) is 0 Å². The maximum absolute atomic E-state index is 13.4. The van der Waals surface area contributed by atoms with Crippen molar-refractivity contribution in [2.45, 2.75) is 39.2 Å². The lowest BCUT2D eigenvalue weighted by Crippen LogP contribution is -2.40. The van der Waals surface area contributed by atoms with Gasteiger partial charge in [0, 0.05) is 31.5 Å². The summed E-state index contributed by atoms with van der Waals surface area (Å²) >= 11 is 0. The summed E-state index contributed by atoms with van der Waals surface area (Å²) in [4.78, 5) is 41.6. The Morgan fingerprint density at radius 3 is 2.59 bits per heavy atom. The first-order valence-electron chi connectivity index (χ1n) is 12.8. The van der Waals surface area contributed by atoms with Crippen LogP contribution in [-0.2, 0) is 27.4 Å². The summed E-state index contributed by atoms with van der Waals surface area (Å²) in [6.45, 7) is 3.23. The molecule has 0 unspecified atom stereocenters. The Morgan fingerprint density at radius 2 is 1.90 bits per heavy atom. The van der Waals surface area contributed by atoms with Gasteiger partial charge in [0.2, 0.25) is 5.91 Å². The SMILES string of the molecule is CCOC(=O)C1CCN(C(=O)CCc2nnc(-c3ccc(OCc4cccc(F)c4)c(OC)c3)[nH]c2=O)CC1. The molecule has 0 radical (unpaired) electrons. The highest BCUT2D eigenvalue weighted by Gasteiger charge is 2.28. The first-order valence-corrected chi connectivity index (χ1v) is 12.8. The highest BCUT2D eigenvalue weighted by molar-refractivity contribution is 5.77. The summed E-state index contributed by atoms with van der Waals surface area (Å²) in [5.41, 5.74) is 0.961. The van der Waals surface area contributed by atoms with E-state index < -0.39 is 5.56 Å². The lowest BCUT2D eigenvalue weighted by Gasteiger charge is -2.30. The molecule has 1 aromatic heterocycles. The Morgan fingerprint density at radius 1 is 1.10 bits per heavy atom. The zero-order valence-electron chi connectivity index (χ0n) is 21.9. The minimum atomic E-state index is -0.431. The number of rotatable bonds is 10. The molecule has 0 atom stereocenters. The number of carbonyl (C=O) groups excluding carboxylic acids is 2. The van der Waals surface area contributed by atoms with Crippen LogP contribution in [0.1, 0.15) is 37.4 Å². The molecule has 39 heavy (non-hydrogen) atoms. The number of hydrogen-bond acceptors (Lipinski definition) is 8. The van der Waals surface area contributed by atoms with Gasteiger partial charge in [0.15, 0.2) is 17.3 Å². The van der Waals surface area contributed by atoms with Crippen molar-refractivity contribution in [3.63, 3.8) is 0 Å². The normalized spacial score (nSPS) is 13.7. The number of aromatic nitrogens is 3. The van der Waals surface area contributed by atoms with Gasteiger partial charge in [-0.05, 0) is 55.7 Å². The summed E-state index contributed by atoms with van der Waals surface area (Å²) in [7, 11) is 1.49. The molecule has 2 aromatic carbocycles. The summed E-state index contributed by atoms with van der Waals surface area (Å²) in [6, 6.07) is 11.2. The molecule has 1 aliphatic heterocycles. The van der Waals surface area contributed by atoms with Crippen molar-refractivity contribution in [2.24, 2.45) is 5.92 Å². The van der Waals surface area contributed by atoms with Crippen LogP contribution in [0.15, 0.2) is 47.3 Å². The first kappa shape index (κ1) is 27.7. The van der Waals surface area contributed by atoms with Crippen molar-refractivity contribution in [3.05, 3.63) is 69.9 Å². The molecule has 11 heteroatoms. The second-order valence-electron chi connectivity index (χ2n) is 9.14. The molecular weight excluding hydrogens is 507 g/mol. The highest BCUT2D eigenvalue weighted by Crippen LogP contribution is 2.31. The summed E-state index contributed by atoms with van der Waals surface area (Å²) in [6.07, 6.45) is 1.40. The summed E-state index contributed by atoms with van der Waals surface area (Å²) in [5, 5.41) is 8.19. The van der Waals surface area contributed by atoms with Crippen LogP contribution in [0.3, 0.4) is 0 Å². The van der Waals surface area contributed by atoms with E-state index in [0.29, 0.717) is 55.2 Å². The third-order valence-electron chi connectivity index (χ3n) is 6.53. The smallest absolute Gasteiger partial charge is 0.309 e. The first-order chi connectivity index (χ1) is 18.9. The number of aryl methyl sites for hydroxylation is 1. The molecule has 2 heterocycles. The van der Waals surface area contributed by atoms with E-state index in [0.717, 1.165) is 0 Å². The van der Waals surface area contributed by atoms with Crippen LogP contribution in [-0.4, -0.2) is 58.8 Å². The molecule has 1 fully saturated rings. The van der Waals surface area contributed by atoms with Crippen LogP contribution in [0.4, 0.5) is 4.39 Å². The van der Waals surface area contributed by atoms with E-state index in [9.17, 15) is 18.8 Å². The van der Waals surface area contributed by atoms with Crippen molar-refractivity contribution in [1.29, 1.82) is 0 Å². The number of carbonyl (C=O) groups is 2. The second kappa shape index (κ2) is 13.0. The quantitative estimate of drug-likeness (QED) is 0.390. The molecule has 3 aromatic rings. The van der Waals surface area contributed by atoms with Crippen molar-refractivity contribution >= 4 is 11.9 Å². The molecule has 0 saturated carbocycles. The molecule has 0 aliphatic carbocycles. The van der Waals surface area contributed by atoms with Crippen molar-refractivity contribution in [2.75, 3.05) is 26.8 Å². The fraction of sp³-hybridized carbons (Fsp3) is 0.393. The number of ether oxygens (including phenoxy) is 3. The lowest BCUT2D eigenvalue weighted by atomic mass is 9.96. The average Bonchev–Trinajstić information content (AvgIpc) is 2.95. The van der Waals surface area contributed by atoms with Gasteiger partial charge < -0.3 is 24.1 Å². The third kappa shape index (κ3) is 7.18. The number of nitrogens with one attached hydrogen (secondary N) is 1. The van der Waals surface area contributed by atoms with Crippen LogP contribution >= 0.6 is 0 Å². The molecule has 1 amide bonds. The number of hydrogen-bond donors (Lipinski definition) is 1. The monoisotopic (exact) mass is 538 g/mol. The molecule has 4 rings (SSSR count). The average molecular weight is 539 g/mol. The number of piperidine rings is 1. The molecule has 206 valence electrons. The minimum Gasteiger partial charge on any atom is -0.493 e. The number of esters is 1. The number of benzene rings is 2. The van der Waals surface area contributed by atoms with E-state index in [4.69, 9.17) is 14.2 Å². The standard InChI is InChI=1S/C28H31FN4O6/c1-3-38-28(36)19-11-13-33(14-12-19)25(34)10-8-22-27(35)30-26(32-31-22)20-7-9-23(24(16-20)37-2)39-17-18-5-4-6-21(29)15-18/h4-7,9,15-16,19H,3,8,10-14,17H2,1-2H3,(H,30,32,35). The molecule has 0 bridgehead atoms. The maximum Gasteiger partial charge on any atom is 0.309 e. The van der Waals surface area contributed by atoms with Gasteiger partial charge in [-0.2, -0.15) is 0 Å². The van der Waals surface area contributed by atoms with Crippen LogP contribution in [0, 0.1) is 11.7 Å². The van der Waals surface area contributed by atoms with Crippen molar-refractivity contribution in [3.8, 4) is 22.9 Å². The van der Waals surface area contributed by atoms with Crippen LogP contribution in [0.25, 0.3) is 11.4 Å². The number of nitrogens with zero attached hydrogens (tertiary/aromatic N) is 3. The van der Waals surface area contributed by atoms with Gasteiger partial charge in [-0.15, -0.1) is 10.2 Å². The number of methoxy groups -OCH3 is 1. The van der Waals surface area contributed by atoms with Gasteiger partial charge in [-0.1, -0.05) is 12.1 Å². The van der Waals surface area contributed by atoms with E-state index in [1.807, 2.05) is 0 Å². The molecule has 1 saturated heterocycles. The zero-order chi connectivity index (χ0) is 27.8. The Hall–Kier alpha value is -4.28. The lowest BCUT2D eigenvalue weighted by molar-refractivity contribution is -0.151. The van der Waals surface area contributed by atoms with Crippen LogP contribution < -0.4 is 15.0 Å². The number of likely N-dealkylation sites (tertiary alicyclic amines) is 1. The van der Waals surface area contributed by atoms with Gasteiger partial charge in [0.25, 0.3) is 5.56 Å². The minimum absolute atomic E-state index is 0.0962. The van der Waals surface area contributed by atoms with E-state index in [-0.39, 0.29) is 54.6 Å². The van der Waals surface area contributed by atoms with Gasteiger partial charge >= 0.3 is 5.97 Å². The number of amides is 1. The van der Waals surface area contributed by atoms with Gasteiger partial charge in [0.1, 0.15) is 18.1 Å². The Balaban J connectivity index is 1.34. The second-order valence-corrected chi connectivity index (χ2v) is 9.14. The van der Waals surface area contributed by atoms with E-state index >= 15 is 0 Å². The summed E-state index contributed by atoms with van der Waals surface area (Å²) < 4.78 is 29.7. The predicted octanol–water partition coefficient (Wildman–Crippen LogP) is 3.29. The maximum atomic E-state index is 13.4. The number of halogens is 1. The van der Waals surface area contributed by atoms with E-state index in [1.54, 1.807) is 42.2 Å². The fourth-order valence-corrected chi connectivity index (χ4v) is 4.38. The molecule has 1 aliphatic rings. The van der Waals surface area contributed by atoms with Gasteiger partial charge in [0.05, 0.1) is 19.6 Å². The largest absolute Gasteiger partial charge is 0.493 e. The van der Waals surface area contributed by atoms with E-state index in [2.05, 4.69) is 15.2 Å². The topological polar surface area (TPSA) is 124 Å². The number of H-pyrrole nitrogens is 1. The molecule has 10 nitrogen and oxygen atoms in total. The Kier molecular flexibility index (Phi) is 9.24. The molecule has 1 N–H and O–H groups in total. The summed E-state index contributed by atoms with van der Waals surface area (Å²) in [5.74, 6) is 0.268. The molecular formula is C28H31FN4O6. The van der Waals surface area contributed by atoms with Gasteiger partial charge in [-0.3, -0.25) is 14.4 Å². The highest BCUT2D eigenvalue weighted by atomic mass is 19.1. The predicted molar refractivity (Wildman–Crippen MR) is 140 cm³/mol.